The van der Waals surface area contributed by atoms with Gasteiger partial charge in [-0.05, 0) is 24.6 Å². The van der Waals surface area contributed by atoms with E-state index in [-0.39, 0.29) is 10.6 Å². The lowest BCUT2D eigenvalue weighted by atomic mass is 10.2. The summed E-state index contributed by atoms with van der Waals surface area (Å²) >= 11 is 0. The number of hydrogen-bond donors (Lipinski definition) is 1. The predicted molar refractivity (Wildman–Crippen MR) is 88.9 cm³/mol. The van der Waals surface area contributed by atoms with E-state index in [1.54, 1.807) is 13.0 Å². The van der Waals surface area contributed by atoms with Crippen LogP contribution < -0.4 is 4.74 Å². The number of benzene rings is 1. The summed E-state index contributed by atoms with van der Waals surface area (Å²) in [6, 6.07) is 3.63. The first-order chi connectivity index (χ1) is 11.0. The van der Waals surface area contributed by atoms with Gasteiger partial charge in [-0.1, -0.05) is 6.07 Å². The Kier molecular flexibility index (Phi) is 5.26. The monoisotopic (exact) mass is 378 g/mol. The molecule has 1 aliphatic heterocycles. The average Bonchev–Trinajstić information content (AvgIpc) is 2.71. The van der Waals surface area contributed by atoms with Gasteiger partial charge < -0.3 is 9.84 Å². The van der Waals surface area contributed by atoms with Crippen molar-refractivity contribution in [2.24, 2.45) is 0 Å². The molecule has 136 valence electrons. The smallest absolute Gasteiger partial charge is 0.260 e. The minimum absolute atomic E-state index is 0.0739. The molecule has 0 unspecified atom stereocenters. The second-order valence-electron chi connectivity index (χ2n) is 5.99. The summed E-state index contributed by atoms with van der Waals surface area (Å²) in [7, 11) is -3.30. The van der Waals surface area contributed by atoms with Crippen LogP contribution in [0.5, 0.6) is 5.75 Å². The van der Waals surface area contributed by atoms with Crippen LogP contribution in [-0.4, -0.2) is 76.2 Å². The third-order valence-electron chi connectivity index (χ3n) is 3.81. The van der Waals surface area contributed by atoms with Crippen LogP contribution in [0.3, 0.4) is 0 Å². The van der Waals surface area contributed by atoms with Gasteiger partial charge in [-0.2, -0.15) is 0 Å². The minimum Gasteiger partial charge on any atom is -0.495 e. The molecule has 1 aromatic carbocycles. The molecule has 1 aliphatic rings. The number of aliphatic hydroxyl groups is 1. The molecule has 0 aromatic heterocycles. The Morgan fingerprint density at radius 2 is 1.88 bits per heavy atom. The van der Waals surface area contributed by atoms with Crippen molar-refractivity contribution >= 4 is 19.9 Å². The quantitative estimate of drug-likeness (QED) is 0.697. The maximum absolute atomic E-state index is 13.1. The lowest BCUT2D eigenvalue weighted by Crippen LogP contribution is -2.53. The molecular weight excluding hydrogens is 356 g/mol. The Balaban J connectivity index is 2.58. The molecule has 8 nitrogen and oxygen atoms in total. The van der Waals surface area contributed by atoms with Crippen molar-refractivity contribution < 1.29 is 26.7 Å². The normalized spacial score (nSPS) is 23.8. The van der Waals surface area contributed by atoms with Gasteiger partial charge in [0.25, 0.3) is 10.0 Å². The highest BCUT2D eigenvalue weighted by Crippen LogP contribution is 2.31. The van der Waals surface area contributed by atoms with Gasteiger partial charge in [-0.15, -0.1) is 4.41 Å². The molecule has 1 heterocycles. The fourth-order valence-electron chi connectivity index (χ4n) is 2.80. The Hall–Kier alpha value is -1.20. The Labute approximate surface area is 142 Å². The number of aliphatic hydroxyl groups excluding tert-OH is 1. The zero-order valence-electron chi connectivity index (χ0n) is 14.0. The van der Waals surface area contributed by atoms with E-state index in [4.69, 9.17) is 4.74 Å². The number of ether oxygens (including phenoxy) is 1. The molecule has 2 atom stereocenters. The highest BCUT2D eigenvalue weighted by atomic mass is 32.2. The number of aryl methyl sites for hydroxylation is 1. The lowest BCUT2D eigenvalue weighted by Gasteiger charge is -2.34. The zero-order valence-corrected chi connectivity index (χ0v) is 15.6. The van der Waals surface area contributed by atoms with Gasteiger partial charge in [0.05, 0.1) is 30.8 Å². The summed E-state index contributed by atoms with van der Waals surface area (Å²) in [5.41, 5.74) is 0.715. The van der Waals surface area contributed by atoms with Crippen molar-refractivity contribution in [3.05, 3.63) is 23.8 Å². The van der Waals surface area contributed by atoms with Crippen LogP contribution in [0.1, 0.15) is 5.56 Å². The van der Waals surface area contributed by atoms with Crippen LogP contribution in [0.25, 0.3) is 0 Å². The van der Waals surface area contributed by atoms with Gasteiger partial charge in [0, 0.05) is 14.1 Å². The van der Waals surface area contributed by atoms with Gasteiger partial charge in [-0.25, -0.2) is 21.8 Å². The highest BCUT2D eigenvalue weighted by molar-refractivity contribution is 7.92. The van der Waals surface area contributed by atoms with E-state index in [2.05, 4.69) is 0 Å². The molecule has 1 fully saturated rings. The predicted octanol–water partition coefficient (Wildman–Crippen LogP) is -0.371. The van der Waals surface area contributed by atoms with Crippen molar-refractivity contribution in [3.63, 3.8) is 0 Å². The fraction of sp³-hybridized carbons (Fsp3) is 0.571. The molecule has 2 rings (SSSR count). The first kappa shape index (κ1) is 19.1. The topological polar surface area (TPSA) is 104 Å². The van der Waals surface area contributed by atoms with Gasteiger partial charge in [-0.3, -0.25) is 0 Å². The number of sulfonamides is 1. The maximum Gasteiger partial charge on any atom is 0.260 e. The molecule has 0 aliphatic carbocycles. The summed E-state index contributed by atoms with van der Waals surface area (Å²) < 4.78 is 55.9. The Morgan fingerprint density at radius 3 is 2.33 bits per heavy atom. The van der Waals surface area contributed by atoms with Crippen molar-refractivity contribution in [2.75, 3.05) is 32.7 Å². The van der Waals surface area contributed by atoms with Crippen LogP contribution in [0.2, 0.25) is 0 Å². The highest BCUT2D eigenvalue weighted by Gasteiger charge is 2.46. The van der Waals surface area contributed by atoms with Crippen molar-refractivity contribution in [1.82, 2.24) is 9.42 Å². The van der Waals surface area contributed by atoms with E-state index in [0.29, 0.717) is 5.56 Å². The number of methoxy groups -OCH3 is 1. The molecule has 0 bridgehead atoms. The van der Waals surface area contributed by atoms with Crippen LogP contribution in [0, 0.1) is 6.92 Å². The number of hydrazine groups is 1. The van der Waals surface area contributed by atoms with E-state index in [1.807, 2.05) is 0 Å². The molecule has 0 spiro atoms. The zero-order chi connectivity index (χ0) is 18.3. The number of nitrogens with zero attached hydrogens (tertiary/aromatic N) is 2. The standard InChI is InChI=1S/C14H22N2O6S2/c1-10-5-6-13(22-4)14(7-10)24(20,21)16(15(2)3)11-8-23(18,19)9-12(11)17/h5-7,11-12,17H,8-9H2,1-4H3/t11-,12-/m0/s1. The summed E-state index contributed by atoms with van der Waals surface area (Å²) in [5.74, 6) is -0.731. The van der Waals surface area contributed by atoms with Gasteiger partial charge in [0.2, 0.25) is 0 Å². The van der Waals surface area contributed by atoms with Crippen LogP contribution in [0.15, 0.2) is 23.1 Å². The van der Waals surface area contributed by atoms with Crippen LogP contribution in [0.4, 0.5) is 0 Å². The van der Waals surface area contributed by atoms with E-state index in [0.717, 1.165) is 4.41 Å². The largest absolute Gasteiger partial charge is 0.495 e. The third kappa shape index (κ3) is 3.57. The number of hydrogen-bond acceptors (Lipinski definition) is 7. The summed E-state index contributed by atoms with van der Waals surface area (Å²) in [6.45, 7) is 1.74. The van der Waals surface area contributed by atoms with Gasteiger partial charge in [0.15, 0.2) is 9.84 Å². The Bertz CT molecular complexity index is 820. The molecule has 0 radical (unpaired) electrons. The molecule has 0 saturated carbocycles. The fourth-order valence-corrected chi connectivity index (χ4v) is 6.60. The first-order valence-corrected chi connectivity index (χ1v) is 10.5. The third-order valence-corrected chi connectivity index (χ3v) is 7.48. The number of rotatable bonds is 5. The van der Waals surface area contributed by atoms with Crippen LogP contribution in [-0.2, 0) is 19.9 Å². The van der Waals surface area contributed by atoms with Crippen molar-refractivity contribution in [1.29, 1.82) is 0 Å². The van der Waals surface area contributed by atoms with E-state index in [9.17, 15) is 21.9 Å². The SMILES string of the molecule is COc1ccc(C)cc1S(=O)(=O)N([C@H]1CS(=O)(=O)C[C@@H]1O)N(C)C. The average molecular weight is 378 g/mol. The second-order valence-corrected chi connectivity index (χ2v) is 9.91. The minimum atomic E-state index is -4.12. The van der Waals surface area contributed by atoms with E-state index in [1.165, 1.54) is 38.3 Å². The lowest BCUT2D eigenvalue weighted by molar-refractivity contribution is 0.0270. The molecule has 1 aromatic rings. The van der Waals surface area contributed by atoms with Gasteiger partial charge in [0.1, 0.15) is 10.6 Å². The number of sulfone groups is 1. The maximum atomic E-state index is 13.1. The Morgan fingerprint density at radius 1 is 1.25 bits per heavy atom. The molecule has 10 heteroatoms. The molecule has 1 saturated heterocycles. The summed E-state index contributed by atoms with van der Waals surface area (Å²) in [6.07, 6.45) is -1.29. The van der Waals surface area contributed by atoms with Crippen molar-refractivity contribution in [2.45, 2.75) is 24.0 Å². The van der Waals surface area contributed by atoms with Gasteiger partial charge >= 0.3 is 0 Å². The molecular formula is C14H22N2O6S2. The molecule has 0 amide bonds. The molecule has 1 N–H and O–H groups in total. The van der Waals surface area contributed by atoms with E-state index >= 15 is 0 Å². The molecule has 24 heavy (non-hydrogen) atoms. The van der Waals surface area contributed by atoms with E-state index < -0.39 is 43.5 Å². The first-order valence-electron chi connectivity index (χ1n) is 7.24. The second kappa shape index (κ2) is 6.60. The summed E-state index contributed by atoms with van der Waals surface area (Å²) in [4.78, 5) is -0.0739. The van der Waals surface area contributed by atoms with Crippen molar-refractivity contribution in [3.8, 4) is 5.75 Å². The van der Waals surface area contributed by atoms with Crippen LogP contribution >= 0.6 is 0 Å². The summed E-state index contributed by atoms with van der Waals surface area (Å²) in [5, 5.41) is 11.4.